The summed E-state index contributed by atoms with van der Waals surface area (Å²) in [7, 11) is 0. The third-order valence-electron chi connectivity index (χ3n) is 6.71. The van der Waals surface area contributed by atoms with Gasteiger partial charge >= 0.3 is 0 Å². The monoisotopic (exact) mass is 479 g/mol. The fourth-order valence-corrected chi connectivity index (χ4v) is 5.47. The minimum absolute atomic E-state index is 0.0856. The Kier molecular flexibility index (Phi) is 8.57. The van der Waals surface area contributed by atoms with Gasteiger partial charge in [-0.05, 0) is 74.0 Å². The summed E-state index contributed by atoms with van der Waals surface area (Å²) in [5.41, 5.74) is 3.56. The van der Waals surface area contributed by atoms with Gasteiger partial charge in [0.1, 0.15) is 5.75 Å². The average molecular weight is 480 g/mol. The molecule has 1 saturated heterocycles. The zero-order valence-electron chi connectivity index (χ0n) is 20.7. The lowest BCUT2D eigenvalue weighted by atomic mass is 10.1. The first-order valence-electron chi connectivity index (χ1n) is 12.5. The third-order valence-corrected chi connectivity index (χ3v) is 8.14. The number of pyridine rings is 1. The van der Waals surface area contributed by atoms with Gasteiger partial charge in [-0.15, -0.1) is 11.8 Å². The van der Waals surface area contributed by atoms with E-state index in [4.69, 9.17) is 4.74 Å². The summed E-state index contributed by atoms with van der Waals surface area (Å²) in [6, 6.07) is 16.0. The van der Waals surface area contributed by atoms with Gasteiger partial charge in [-0.1, -0.05) is 19.9 Å². The van der Waals surface area contributed by atoms with Gasteiger partial charge in [0, 0.05) is 54.1 Å². The Bertz CT molecular complexity index is 1140. The highest BCUT2D eigenvalue weighted by atomic mass is 32.2. The molecule has 1 aliphatic heterocycles. The van der Waals surface area contributed by atoms with Crippen molar-refractivity contribution < 1.29 is 4.74 Å². The maximum absolute atomic E-state index is 11.5. The largest absolute Gasteiger partial charge is 0.494 e. The molecule has 1 aromatic heterocycles. The fourth-order valence-electron chi connectivity index (χ4n) is 4.43. The molecular weight excluding hydrogens is 442 g/mol. The molecule has 0 spiro atoms. The predicted octanol–water partition coefficient (Wildman–Crippen LogP) is 5.71. The zero-order valence-corrected chi connectivity index (χ0v) is 21.5. The number of anilines is 1. The average Bonchev–Trinajstić information content (AvgIpc) is 2.85. The SMILES string of the molecule is CCC(C)Sc1cccc(N2CCN(CCCCOc3ccc4ccc(=O)[nH]c4c3)CC2)c1C. The second kappa shape index (κ2) is 11.8. The number of aromatic nitrogens is 1. The van der Waals surface area contributed by atoms with Crippen LogP contribution in [0.2, 0.25) is 0 Å². The molecule has 1 fully saturated rings. The lowest BCUT2D eigenvalue weighted by molar-refractivity contribution is 0.238. The van der Waals surface area contributed by atoms with Crippen molar-refractivity contribution in [2.24, 2.45) is 0 Å². The van der Waals surface area contributed by atoms with Gasteiger partial charge < -0.3 is 14.6 Å². The molecule has 5 nitrogen and oxygen atoms in total. The molecule has 4 rings (SSSR count). The van der Waals surface area contributed by atoms with Gasteiger partial charge in [-0.25, -0.2) is 0 Å². The van der Waals surface area contributed by atoms with Gasteiger partial charge in [-0.2, -0.15) is 0 Å². The number of fused-ring (bicyclic) bond motifs is 1. The number of H-pyrrole nitrogens is 1. The second-order valence-electron chi connectivity index (χ2n) is 9.19. The molecule has 1 N–H and O–H groups in total. The van der Waals surface area contributed by atoms with Crippen molar-refractivity contribution >= 4 is 28.4 Å². The van der Waals surface area contributed by atoms with E-state index in [0.717, 1.165) is 62.2 Å². The summed E-state index contributed by atoms with van der Waals surface area (Å²) in [5, 5.41) is 1.67. The molecule has 182 valence electrons. The van der Waals surface area contributed by atoms with Crippen LogP contribution in [0.5, 0.6) is 5.75 Å². The van der Waals surface area contributed by atoms with E-state index >= 15 is 0 Å². The van der Waals surface area contributed by atoms with E-state index in [1.165, 1.54) is 22.6 Å². The molecule has 0 radical (unpaired) electrons. The highest BCUT2D eigenvalue weighted by Crippen LogP contribution is 2.33. The zero-order chi connectivity index (χ0) is 23.9. The molecule has 3 aromatic rings. The summed E-state index contributed by atoms with van der Waals surface area (Å²) in [6.07, 6.45) is 3.35. The van der Waals surface area contributed by atoms with E-state index in [-0.39, 0.29) is 5.56 Å². The number of benzene rings is 2. The lowest BCUT2D eigenvalue weighted by Gasteiger charge is -2.37. The summed E-state index contributed by atoms with van der Waals surface area (Å²) in [4.78, 5) is 20.9. The molecule has 0 saturated carbocycles. The Morgan fingerprint density at radius 2 is 1.85 bits per heavy atom. The van der Waals surface area contributed by atoms with Gasteiger partial charge in [0.15, 0.2) is 0 Å². The number of unbranched alkanes of at least 4 members (excludes halogenated alkanes) is 1. The Labute approximate surface area is 207 Å². The molecule has 2 heterocycles. The molecule has 34 heavy (non-hydrogen) atoms. The normalized spacial score (nSPS) is 15.6. The van der Waals surface area contributed by atoms with Crippen molar-refractivity contribution in [3.05, 3.63) is 64.4 Å². The van der Waals surface area contributed by atoms with Gasteiger partial charge in [0.05, 0.1) is 12.1 Å². The molecule has 0 bridgehead atoms. The number of ether oxygens (including phenoxy) is 1. The third kappa shape index (κ3) is 6.36. The Morgan fingerprint density at radius 3 is 2.65 bits per heavy atom. The number of rotatable bonds is 10. The van der Waals surface area contributed by atoms with Crippen molar-refractivity contribution in [1.29, 1.82) is 0 Å². The first kappa shape index (κ1) is 24.7. The maximum Gasteiger partial charge on any atom is 0.248 e. The first-order valence-corrected chi connectivity index (χ1v) is 13.4. The molecule has 0 aliphatic carbocycles. The molecular formula is C28H37N3O2S. The van der Waals surface area contributed by atoms with Crippen LogP contribution in [0.3, 0.4) is 0 Å². The van der Waals surface area contributed by atoms with Crippen molar-refractivity contribution in [3.8, 4) is 5.75 Å². The molecule has 1 unspecified atom stereocenters. The predicted molar refractivity (Wildman–Crippen MR) is 145 cm³/mol. The summed E-state index contributed by atoms with van der Waals surface area (Å²) in [6.45, 7) is 13.1. The van der Waals surface area contributed by atoms with E-state index in [1.807, 2.05) is 36.0 Å². The number of nitrogens with zero attached hydrogens (tertiary/aromatic N) is 2. The van der Waals surface area contributed by atoms with Gasteiger partial charge in [0.2, 0.25) is 5.56 Å². The van der Waals surface area contributed by atoms with Crippen LogP contribution in [-0.2, 0) is 0 Å². The van der Waals surface area contributed by atoms with Crippen LogP contribution in [-0.4, -0.2) is 54.5 Å². The topological polar surface area (TPSA) is 48.6 Å². The summed E-state index contributed by atoms with van der Waals surface area (Å²) in [5.74, 6) is 0.812. The number of aromatic amines is 1. The van der Waals surface area contributed by atoms with Crippen LogP contribution in [0.25, 0.3) is 10.9 Å². The Balaban J connectivity index is 1.19. The quantitative estimate of drug-likeness (QED) is 0.298. The number of hydrogen-bond acceptors (Lipinski definition) is 5. The lowest BCUT2D eigenvalue weighted by Crippen LogP contribution is -2.46. The highest BCUT2D eigenvalue weighted by Gasteiger charge is 2.19. The van der Waals surface area contributed by atoms with Crippen LogP contribution in [0, 0.1) is 6.92 Å². The molecule has 1 atom stereocenters. The van der Waals surface area contributed by atoms with Gasteiger partial charge in [-0.3, -0.25) is 9.69 Å². The summed E-state index contributed by atoms with van der Waals surface area (Å²) >= 11 is 2.00. The number of thioether (sulfide) groups is 1. The van der Waals surface area contributed by atoms with E-state index < -0.39 is 0 Å². The molecule has 1 aliphatic rings. The Morgan fingerprint density at radius 1 is 1.06 bits per heavy atom. The molecule has 0 amide bonds. The van der Waals surface area contributed by atoms with E-state index in [1.54, 1.807) is 6.07 Å². The highest BCUT2D eigenvalue weighted by molar-refractivity contribution is 8.00. The maximum atomic E-state index is 11.5. The number of nitrogens with one attached hydrogen (secondary N) is 1. The van der Waals surface area contributed by atoms with E-state index in [9.17, 15) is 4.79 Å². The number of piperazine rings is 1. The molecule has 6 heteroatoms. The van der Waals surface area contributed by atoms with Crippen LogP contribution in [0.15, 0.2) is 58.2 Å². The summed E-state index contributed by atoms with van der Waals surface area (Å²) < 4.78 is 5.93. The fraction of sp³-hybridized carbons (Fsp3) is 0.464. The van der Waals surface area contributed by atoms with Crippen LogP contribution >= 0.6 is 11.8 Å². The van der Waals surface area contributed by atoms with Crippen molar-refractivity contribution in [2.75, 3.05) is 44.2 Å². The second-order valence-corrected chi connectivity index (χ2v) is 10.7. The van der Waals surface area contributed by atoms with Crippen LogP contribution in [0.4, 0.5) is 5.69 Å². The number of hydrogen-bond donors (Lipinski definition) is 1. The van der Waals surface area contributed by atoms with Crippen molar-refractivity contribution in [3.63, 3.8) is 0 Å². The smallest absolute Gasteiger partial charge is 0.248 e. The van der Waals surface area contributed by atoms with Crippen LogP contribution < -0.4 is 15.2 Å². The van der Waals surface area contributed by atoms with Gasteiger partial charge in [0.25, 0.3) is 0 Å². The minimum Gasteiger partial charge on any atom is -0.494 e. The molecule has 2 aromatic carbocycles. The Hall–Kier alpha value is -2.44. The van der Waals surface area contributed by atoms with Crippen molar-refractivity contribution in [1.82, 2.24) is 9.88 Å². The first-order chi connectivity index (χ1) is 16.5. The van der Waals surface area contributed by atoms with Crippen molar-refractivity contribution in [2.45, 2.75) is 50.2 Å². The van der Waals surface area contributed by atoms with E-state index in [0.29, 0.717) is 11.9 Å². The van der Waals surface area contributed by atoms with E-state index in [2.05, 4.69) is 53.8 Å². The minimum atomic E-state index is -0.0856. The standard InChI is InChI=1S/C28H37N3O2S/c1-4-21(2)34-27-9-7-8-26(22(27)3)31-17-15-30(16-18-31)14-5-6-19-33-24-12-10-23-11-13-28(32)29-25(23)20-24/h7-13,20-21H,4-6,14-19H2,1-3H3,(H,29,32). The van der Waals surface area contributed by atoms with Crippen LogP contribution in [0.1, 0.15) is 38.7 Å².